The molecule has 2 aromatic rings. The predicted octanol–water partition coefficient (Wildman–Crippen LogP) is 4.82. The Bertz CT molecular complexity index is 614. The molecule has 0 amide bonds. The van der Waals surface area contributed by atoms with Crippen LogP contribution in [0.15, 0.2) is 24.4 Å². The van der Waals surface area contributed by atoms with Crippen molar-refractivity contribution in [2.45, 2.75) is 38.9 Å². The van der Waals surface area contributed by atoms with E-state index in [4.69, 9.17) is 4.74 Å². The number of ether oxygens (including phenoxy) is 1. The highest BCUT2D eigenvalue weighted by Gasteiger charge is 2.34. The minimum Gasteiger partial charge on any atom is -0.385 e. The first-order valence-corrected chi connectivity index (χ1v) is 7.03. The molecule has 0 bridgehead atoms. The van der Waals surface area contributed by atoms with Gasteiger partial charge in [-0.25, -0.2) is 0 Å². The SMILES string of the molecule is COCCCn1cc(C(F)(F)F)c2ccc(C(C)C)cc21. The molecule has 0 aliphatic rings. The van der Waals surface area contributed by atoms with Crippen LogP contribution in [-0.4, -0.2) is 18.3 Å². The summed E-state index contributed by atoms with van der Waals surface area (Å²) in [6.45, 7) is 5.11. The molecule has 0 spiro atoms. The second-order valence-electron chi connectivity index (χ2n) is 5.51. The number of benzene rings is 1. The molecule has 1 heterocycles. The minimum atomic E-state index is -4.33. The zero-order chi connectivity index (χ0) is 15.6. The van der Waals surface area contributed by atoms with Gasteiger partial charge in [-0.1, -0.05) is 26.0 Å². The van der Waals surface area contributed by atoms with Crippen molar-refractivity contribution in [3.63, 3.8) is 0 Å². The summed E-state index contributed by atoms with van der Waals surface area (Å²) in [7, 11) is 1.59. The van der Waals surface area contributed by atoms with Crippen molar-refractivity contribution in [3.8, 4) is 0 Å². The lowest BCUT2D eigenvalue weighted by Gasteiger charge is -2.09. The first-order chi connectivity index (χ1) is 9.84. The van der Waals surface area contributed by atoms with Crippen LogP contribution in [0.2, 0.25) is 0 Å². The third-order valence-corrected chi connectivity index (χ3v) is 3.63. The standard InChI is InChI=1S/C16H20F3NO/c1-11(2)12-5-6-13-14(16(17,18)19)10-20(15(13)9-12)7-4-8-21-3/h5-6,9-11H,4,7-8H2,1-3H3. The summed E-state index contributed by atoms with van der Waals surface area (Å²) in [5.41, 5.74) is 1.12. The normalized spacial score (nSPS) is 12.5. The third-order valence-electron chi connectivity index (χ3n) is 3.63. The highest BCUT2D eigenvalue weighted by molar-refractivity contribution is 5.85. The Balaban J connectivity index is 2.51. The van der Waals surface area contributed by atoms with E-state index in [1.165, 1.54) is 6.20 Å². The van der Waals surface area contributed by atoms with E-state index < -0.39 is 11.7 Å². The first-order valence-electron chi connectivity index (χ1n) is 7.03. The Morgan fingerprint density at radius 3 is 2.52 bits per heavy atom. The number of alkyl halides is 3. The van der Waals surface area contributed by atoms with Crippen molar-refractivity contribution in [1.29, 1.82) is 0 Å². The number of rotatable bonds is 5. The molecule has 1 aromatic heterocycles. The number of methoxy groups -OCH3 is 1. The Kier molecular flexibility index (Phi) is 4.61. The van der Waals surface area contributed by atoms with Crippen LogP contribution in [0.4, 0.5) is 13.2 Å². The van der Waals surface area contributed by atoms with Gasteiger partial charge in [0.1, 0.15) is 0 Å². The molecule has 0 radical (unpaired) electrons. The van der Waals surface area contributed by atoms with Gasteiger partial charge in [0.15, 0.2) is 0 Å². The summed E-state index contributed by atoms with van der Waals surface area (Å²) in [5.74, 6) is 0.283. The molecule has 0 atom stereocenters. The molecule has 21 heavy (non-hydrogen) atoms. The third kappa shape index (κ3) is 3.40. The number of aromatic nitrogens is 1. The van der Waals surface area contributed by atoms with E-state index in [1.807, 2.05) is 19.9 Å². The summed E-state index contributed by atoms with van der Waals surface area (Å²) in [6, 6.07) is 5.23. The maximum Gasteiger partial charge on any atom is 0.418 e. The van der Waals surface area contributed by atoms with E-state index in [0.29, 0.717) is 25.1 Å². The van der Waals surface area contributed by atoms with E-state index in [1.54, 1.807) is 23.8 Å². The molecule has 116 valence electrons. The average molecular weight is 299 g/mol. The molecular formula is C16H20F3NO. The lowest BCUT2D eigenvalue weighted by atomic mass is 10.0. The first kappa shape index (κ1) is 15.9. The molecule has 0 aliphatic heterocycles. The molecular weight excluding hydrogens is 279 g/mol. The molecule has 2 nitrogen and oxygen atoms in total. The van der Waals surface area contributed by atoms with Gasteiger partial charge < -0.3 is 9.30 Å². The number of fused-ring (bicyclic) bond motifs is 1. The second-order valence-corrected chi connectivity index (χ2v) is 5.51. The van der Waals surface area contributed by atoms with Gasteiger partial charge in [0, 0.05) is 37.4 Å². The molecule has 0 N–H and O–H groups in total. The van der Waals surface area contributed by atoms with Crippen LogP contribution in [0.3, 0.4) is 0 Å². The Morgan fingerprint density at radius 1 is 1.24 bits per heavy atom. The van der Waals surface area contributed by atoms with Gasteiger partial charge in [-0.05, 0) is 24.0 Å². The molecule has 0 saturated carbocycles. The Labute approximate surface area is 122 Å². The van der Waals surface area contributed by atoms with Gasteiger partial charge in [-0.15, -0.1) is 0 Å². The van der Waals surface area contributed by atoms with Gasteiger partial charge in [-0.2, -0.15) is 13.2 Å². The minimum absolute atomic E-state index is 0.268. The molecule has 1 aromatic carbocycles. The monoisotopic (exact) mass is 299 g/mol. The van der Waals surface area contributed by atoms with Gasteiger partial charge in [0.2, 0.25) is 0 Å². The fourth-order valence-electron chi connectivity index (χ4n) is 2.46. The van der Waals surface area contributed by atoms with Crippen molar-refractivity contribution >= 4 is 10.9 Å². The van der Waals surface area contributed by atoms with Crippen molar-refractivity contribution in [2.24, 2.45) is 0 Å². The van der Waals surface area contributed by atoms with Crippen LogP contribution in [0.1, 0.15) is 37.3 Å². The number of hydrogen-bond acceptors (Lipinski definition) is 1. The second kappa shape index (κ2) is 6.10. The van der Waals surface area contributed by atoms with Crippen LogP contribution in [-0.2, 0) is 17.5 Å². The van der Waals surface area contributed by atoms with Crippen LogP contribution in [0, 0.1) is 0 Å². The van der Waals surface area contributed by atoms with Crippen LogP contribution in [0.25, 0.3) is 10.9 Å². The zero-order valence-corrected chi connectivity index (χ0v) is 12.5. The maximum absolute atomic E-state index is 13.1. The lowest BCUT2D eigenvalue weighted by Crippen LogP contribution is -2.04. The fourth-order valence-corrected chi connectivity index (χ4v) is 2.46. The molecule has 0 aliphatic carbocycles. The van der Waals surface area contributed by atoms with Gasteiger partial charge >= 0.3 is 6.18 Å². The summed E-state index contributed by atoms with van der Waals surface area (Å²) in [5, 5.41) is 0.268. The van der Waals surface area contributed by atoms with E-state index in [9.17, 15) is 13.2 Å². The summed E-state index contributed by atoms with van der Waals surface area (Å²) in [4.78, 5) is 0. The van der Waals surface area contributed by atoms with Crippen LogP contribution in [0.5, 0.6) is 0 Å². The van der Waals surface area contributed by atoms with Gasteiger partial charge in [0.25, 0.3) is 0 Å². The number of aryl methyl sites for hydroxylation is 1. The van der Waals surface area contributed by atoms with Crippen molar-refractivity contribution in [2.75, 3.05) is 13.7 Å². The molecule has 5 heteroatoms. The van der Waals surface area contributed by atoms with Crippen molar-refractivity contribution in [3.05, 3.63) is 35.5 Å². The number of hydrogen-bond donors (Lipinski definition) is 0. The zero-order valence-electron chi connectivity index (χ0n) is 12.5. The lowest BCUT2D eigenvalue weighted by molar-refractivity contribution is -0.136. The maximum atomic E-state index is 13.1. The fraction of sp³-hybridized carbons (Fsp3) is 0.500. The highest BCUT2D eigenvalue weighted by Crippen LogP contribution is 2.37. The molecule has 0 unspecified atom stereocenters. The van der Waals surface area contributed by atoms with E-state index in [2.05, 4.69) is 0 Å². The smallest absolute Gasteiger partial charge is 0.385 e. The van der Waals surface area contributed by atoms with Crippen molar-refractivity contribution < 1.29 is 17.9 Å². The molecule has 0 saturated heterocycles. The van der Waals surface area contributed by atoms with Gasteiger partial charge in [-0.3, -0.25) is 0 Å². The van der Waals surface area contributed by atoms with E-state index in [0.717, 1.165) is 5.56 Å². The van der Waals surface area contributed by atoms with E-state index >= 15 is 0 Å². The molecule has 2 rings (SSSR count). The molecule has 0 fully saturated rings. The van der Waals surface area contributed by atoms with Gasteiger partial charge in [0.05, 0.1) is 5.56 Å². The van der Waals surface area contributed by atoms with E-state index in [-0.39, 0.29) is 11.3 Å². The summed E-state index contributed by atoms with van der Waals surface area (Å²) < 4.78 is 46.1. The number of halogens is 3. The van der Waals surface area contributed by atoms with Crippen LogP contribution >= 0.6 is 0 Å². The summed E-state index contributed by atoms with van der Waals surface area (Å²) in [6.07, 6.45) is -2.43. The summed E-state index contributed by atoms with van der Waals surface area (Å²) >= 11 is 0. The number of nitrogens with zero attached hydrogens (tertiary/aromatic N) is 1. The highest BCUT2D eigenvalue weighted by atomic mass is 19.4. The topological polar surface area (TPSA) is 14.2 Å². The predicted molar refractivity (Wildman–Crippen MR) is 77.5 cm³/mol. The quantitative estimate of drug-likeness (QED) is 0.722. The van der Waals surface area contributed by atoms with Crippen molar-refractivity contribution in [1.82, 2.24) is 4.57 Å². The average Bonchev–Trinajstić information content (AvgIpc) is 2.77. The largest absolute Gasteiger partial charge is 0.418 e. The Hall–Kier alpha value is -1.49. The Morgan fingerprint density at radius 2 is 1.95 bits per heavy atom. The van der Waals surface area contributed by atoms with Crippen LogP contribution < -0.4 is 0 Å².